The molecule has 1 atom stereocenters. The van der Waals surface area contributed by atoms with Crippen molar-refractivity contribution >= 4 is 0 Å². The average molecular weight is 207 g/mol. The molecule has 0 bridgehead atoms. The first-order chi connectivity index (χ1) is 7.19. The fourth-order valence-electron chi connectivity index (χ4n) is 1.81. The quantitative estimate of drug-likeness (QED) is 0.801. The van der Waals surface area contributed by atoms with E-state index >= 15 is 0 Å². The molecule has 1 N–H and O–H groups in total. The zero-order valence-electron chi connectivity index (χ0n) is 10.1. The predicted octanol–water partition coefficient (Wildman–Crippen LogP) is 2.60. The van der Waals surface area contributed by atoms with Crippen LogP contribution in [0.1, 0.15) is 29.7 Å². The normalized spacial score (nSPS) is 12.8. The lowest BCUT2D eigenvalue weighted by Crippen LogP contribution is -2.25. The Labute approximate surface area is 92.6 Å². The molecule has 1 rings (SSSR count). The molecule has 0 aliphatic carbocycles. The number of benzene rings is 1. The van der Waals surface area contributed by atoms with Crippen molar-refractivity contribution in [1.82, 2.24) is 5.32 Å². The zero-order chi connectivity index (χ0) is 11.3. The number of ether oxygens (including phenoxy) is 1. The monoisotopic (exact) mass is 207 g/mol. The molecule has 0 aliphatic heterocycles. The van der Waals surface area contributed by atoms with Gasteiger partial charge in [-0.15, -0.1) is 0 Å². The summed E-state index contributed by atoms with van der Waals surface area (Å²) >= 11 is 0. The minimum Gasteiger partial charge on any atom is -0.383 e. The van der Waals surface area contributed by atoms with Gasteiger partial charge in [0.2, 0.25) is 0 Å². The third-order valence-corrected chi connectivity index (χ3v) is 2.59. The van der Waals surface area contributed by atoms with Crippen LogP contribution in [-0.4, -0.2) is 20.3 Å². The van der Waals surface area contributed by atoms with E-state index in [0.717, 1.165) is 13.2 Å². The summed E-state index contributed by atoms with van der Waals surface area (Å²) in [7, 11) is 1.75. The lowest BCUT2D eigenvalue weighted by molar-refractivity contribution is 0.167. The summed E-state index contributed by atoms with van der Waals surface area (Å²) in [5.41, 5.74) is 3.97. The van der Waals surface area contributed by atoms with E-state index in [1.807, 2.05) is 0 Å². The Hall–Kier alpha value is -0.860. The number of hydrogen-bond acceptors (Lipinski definition) is 2. The van der Waals surface area contributed by atoms with Gasteiger partial charge in [0, 0.05) is 7.11 Å². The van der Waals surface area contributed by atoms with Crippen LogP contribution in [0, 0.1) is 13.8 Å². The van der Waals surface area contributed by atoms with Crippen molar-refractivity contribution in [3.8, 4) is 0 Å². The van der Waals surface area contributed by atoms with Crippen LogP contribution in [0.25, 0.3) is 0 Å². The number of hydrogen-bond donors (Lipinski definition) is 1. The first kappa shape index (κ1) is 12.2. The highest BCUT2D eigenvalue weighted by Crippen LogP contribution is 2.19. The second-order valence-electron chi connectivity index (χ2n) is 3.93. The van der Waals surface area contributed by atoms with Gasteiger partial charge in [0.1, 0.15) is 0 Å². The van der Waals surface area contributed by atoms with Crippen LogP contribution in [-0.2, 0) is 4.74 Å². The molecule has 0 aromatic heterocycles. The molecule has 0 spiro atoms. The number of methoxy groups -OCH3 is 1. The van der Waals surface area contributed by atoms with Gasteiger partial charge in [-0.3, -0.25) is 0 Å². The smallest absolute Gasteiger partial charge is 0.0657 e. The molecule has 0 aliphatic rings. The topological polar surface area (TPSA) is 21.3 Å². The van der Waals surface area contributed by atoms with Crippen LogP contribution in [0.3, 0.4) is 0 Å². The Morgan fingerprint density at radius 3 is 2.67 bits per heavy atom. The molecule has 0 radical (unpaired) electrons. The summed E-state index contributed by atoms with van der Waals surface area (Å²) in [6.45, 7) is 8.07. The lowest BCUT2D eigenvalue weighted by atomic mass is 9.99. The van der Waals surface area contributed by atoms with E-state index in [9.17, 15) is 0 Å². The van der Waals surface area contributed by atoms with E-state index < -0.39 is 0 Å². The Morgan fingerprint density at radius 1 is 1.33 bits per heavy atom. The highest BCUT2D eigenvalue weighted by atomic mass is 16.5. The zero-order valence-corrected chi connectivity index (χ0v) is 10.1. The van der Waals surface area contributed by atoms with Gasteiger partial charge in [0.05, 0.1) is 12.6 Å². The maximum atomic E-state index is 5.24. The molecule has 0 heterocycles. The van der Waals surface area contributed by atoms with Crippen LogP contribution in [0.2, 0.25) is 0 Å². The van der Waals surface area contributed by atoms with Crippen molar-refractivity contribution in [1.29, 1.82) is 0 Å². The Morgan fingerprint density at radius 2 is 2.07 bits per heavy atom. The standard InChI is InChI=1S/C13H21NO/c1-5-14-13(9-15-4)12-8-10(2)6-7-11(12)3/h6-8,13-14H,5,9H2,1-4H3. The molecule has 0 saturated carbocycles. The first-order valence-corrected chi connectivity index (χ1v) is 5.48. The molecule has 0 saturated heterocycles. The largest absolute Gasteiger partial charge is 0.383 e. The molecule has 2 heteroatoms. The molecule has 0 fully saturated rings. The van der Waals surface area contributed by atoms with Gasteiger partial charge in [0.25, 0.3) is 0 Å². The summed E-state index contributed by atoms with van der Waals surface area (Å²) < 4.78 is 5.24. The molecule has 15 heavy (non-hydrogen) atoms. The van der Waals surface area contributed by atoms with E-state index in [1.54, 1.807) is 7.11 Å². The van der Waals surface area contributed by atoms with Gasteiger partial charge in [-0.25, -0.2) is 0 Å². The minimum absolute atomic E-state index is 0.305. The summed E-state index contributed by atoms with van der Waals surface area (Å²) in [6.07, 6.45) is 0. The Kier molecular flexibility index (Phi) is 4.79. The van der Waals surface area contributed by atoms with Crippen molar-refractivity contribution < 1.29 is 4.74 Å². The molecule has 1 aromatic carbocycles. The first-order valence-electron chi connectivity index (χ1n) is 5.48. The van der Waals surface area contributed by atoms with E-state index in [-0.39, 0.29) is 0 Å². The predicted molar refractivity (Wildman–Crippen MR) is 64.2 cm³/mol. The van der Waals surface area contributed by atoms with Crippen molar-refractivity contribution in [3.63, 3.8) is 0 Å². The average Bonchev–Trinajstić information content (AvgIpc) is 2.21. The SMILES string of the molecule is CCNC(COC)c1cc(C)ccc1C. The van der Waals surface area contributed by atoms with Crippen molar-refractivity contribution in [2.75, 3.05) is 20.3 Å². The molecule has 1 aromatic rings. The lowest BCUT2D eigenvalue weighted by Gasteiger charge is -2.20. The fraction of sp³-hybridized carbons (Fsp3) is 0.538. The van der Waals surface area contributed by atoms with Gasteiger partial charge >= 0.3 is 0 Å². The van der Waals surface area contributed by atoms with Crippen molar-refractivity contribution in [2.45, 2.75) is 26.8 Å². The summed E-state index contributed by atoms with van der Waals surface area (Å²) in [6, 6.07) is 6.86. The van der Waals surface area contributed by atoms with Crippen LogP contribution in [0.15, 0.2) is 18.2 Å². The van der Waals surface area contributed by atoms with Gasteiger partial charge in [-0.05, 0) is 31.5 Å². The Balaban J connectivity index is 2.93. The maximum Gasteiger partial charge on any atom is 0.0657 e. The second-order valence-corrected chi connectivity index (χ2v) is 3.93. The van der Waals surface area contributed by atoms with E-state index in [2.05, 4.69) is 44.3 Å². The maximum absolute atomic E-state index is 5.24. The summed E-state index contributed by atoms with van der Waals surface area (Å²) in [5, 5.41) is 3.44. The molecule has 2 nitrogen and oxygen atoms in total. The van der Waals surface area contributed by atoms with Crippen molar-refractivity contribution in [3.05, 3.63) is 34.9 Å². The highest BCUT2D eigenvalue weighted by Gasteiger charge is 2.12. The Bertz CT molecular complexity index is 303. The molecule has 0 amide bonds. The number of likely N-dealkylation sites (N-methyl/N-ethyl adjacent to an activating group) is 1. The third kappa shape index (κ3) is 3.33. The number of rotatable bonds is 5. The number of nitrogens with one attached hydrogen (secondary N) is 1. The molecular weight excluding hydrogens is 186 g/mol. The molecular formula is C13H21NO. The highest BCUT2D eigenvalue weighted by molar-refractivity contribution is 5.33. The van der Waals surface area contributed by atoms with Gasteiger partial charge in [0.15, 0.2) is 0 Å². The third-order valence-electron chi connectivity index (χ3n) is 2.59. The van der Waals surface area contributed by atoms with Crippen molar-refractivity contribution in [2.24, 2.45) is 0 Å². The summed E-state index contributed by atoms with van der Waals surface area (Å²) in [5.74, 6) is 0. The minimum atomic E-state index is 0.305. The van der Waals surface area contributed by atoms with E-state index in [0.29, 0.717) is 6.04 Å². The van der Waals surface area contributed by atoms with Crippen LogP contribution in [0.4, 0.5) is 0 Å². The summed E-state index contributed by atoms with van der Waals surface area (Å²) in [4.78, 5) is 0. The van der Waals surface area contributed by atoms with Gasteiger partial charge in [-0.1, -0.05) is 30.7 Å². The fourth-order valence-corrected chi connectivity index (χ4v) is 1.81. The number of aryl methyl sites for hydroxylation is 2. The molecule has 1 unspecified atom stereocenters. The van der Waals surface area contributed by atoms with Gasteiger partial charge in [-0.2, -0.15) is 0 Å². The van der Waals surface area contributed by atoms with Crippen LogP contribution < -0.4 is 5.32 Å². The van der Waals surface area contributed by atoms with Gasteiger partial charge < -0.3 is 10.1 Å². The second kappa shape index (κ2) is 5.89. The van der Waals surface area contributed by atoms with E-state index in [4.69, 9.17) is 4.74 Å². The van der Waals surface area contributed by atoms with Crippen LogP contribution in [0.5, 0.6) is 0 Å². The van der Waals surface area contributed by atoms with E-state index in [1.165, 1.54) is 16.7 Å². The molecule has 84 valence electrons. The van der Waals surface area contributed by atoms with Crippen LogP contribution >= 0.6 is 0 Å².